The van der Waals surface area contributed by atoms with Crippen LogP contribution in [0.15, 0.2) is 66.7 Å². The number of hydrogen-bond donors (Lipinski definition) is 8. The Morgan fingerprint density at radius 3 is 1.69 bits per heavy atom. The molecule has 3 aliphatic rings. The topological polar surface area (TPSA) is 304 Å². The summed E-state index contributed by atoms with van der Waals surface area (Å²) >= 11 is 1.90. The number of nitrogens with zero attached hydrogens (tertiary/aromatic N) is 3. The van der Waals surface area contributed by atoms with Crippen molar-refractivity contribution >= 4 is 63.8 Å². The number of unbranched alkanes of at least 4 members (excludes halogenated alkanes) is 5. The number of aromatic nitrogens is 2. The average molecular weight is 1450 g/mol. The van der Waals surface area contributed by atoms with Crippen LogP contribution in [-0.4, -0.2) is 258 Å². The van der Waals surface area contributed by atoms with E-state index in [1.165, 1.54) is 0 Å². The molecular weight excluding hydrogens is 1330 g/mol. The second-order valence-corrected chi connectivity index (χ2v) is 27.8. The monoisotopic (exact) mass is 1450 g/mol. The van der Waals surface area contributed by atoms with Gasteiger partial charge < -0.3 is 89.3 Å². The lowest BCUT2D eigenvalue weighted by Gasteiger charge is -2.33. The number of rotatable bonds is 56. The molecule has 102 heavy (non-hydrogen) atoms. The summed E-state index contributed by atoms with van der Waals surface area (Å²) in [5.74, 6) is 2.39. The first-order valence-electron chi connectivity index (χ1n) is 36.9. The lowest BCUT2D eigenvalue weighted by Crippen LogP contribution is -2.48. The van der Waals surface area contributed by atoms with Crippen molar-refractivity contribution in [2.75, 3.05) is 201 Å². The van der Waals surface area contributed by atoms with Crippen molar-refractivity contribution in [1.29, 1.82) is 0 Å². The minimum atomic E-state index is -0.367. The third-order valence-corrected chi connectivity index (χ3v) is 18.8. The van der Waals surface area contributed by atoms with Gasteiger partial charge in [-0.2, -0.15) is 16.9 Å². The molecule has 0 spiro atoms. The number of anilines is 2. The lowest BCUT2D eigenvalue weighted by atomic mass is 9.92. The molecule has 3 aliphatic heterocycles. The molecule has 1 unspecified atom stereocenters. The average Bonchev–Trinajstić information content (AvgIpc) is 0.886. The molecule has 0 saturated carbocycles. The number of nitrogens with one attached hydrogen (secondary N) is 8. The van der Waals surface area contributed by atoms with E-state index in [2.05, 4.69) is 68.2 Å². The van der Waals surface area contributed by atoms with E-state index in [1.807, 2.05) is 85.4 Å². The van der Waals surface area contributed by atoms with Gasteiger partial charge in [0.25, 0.3) is 0 Å². The predicted octanol–water partition coefficient (Wildman–Crippen LogP) is 7.29. The molecular formula is C74H117N11O16S. The normalized spacial score (nSPS) is 16.8. The highest BCUT2D eigenvalue weighted by Gasteiger charge is 2.42. The highest BCUT2D eigenvalue weighted by atomic mass is 32.2. The van der Waals surface area contributed by atoms with Crippen LogP contribution in [0.25, 0.3) is 16.5 Å². The molecule has 4 atom stereocenters. The molecule has 8 N–H and O–H groups in total. The first kappa shape index (κ1) is 83.0. The maximum Gasteiger partial charge on any atom is 0.324 e. The summed E-state index contributed by atoms with van der Waals surface area (Å²) in [5.41, 5.74) is 3.34. The Morgan fingerprint density at radius 1 is 0.588 bits per heavy atom. The number of amides is 7. The quantitative estimate of drug-likeness (QED) is 0.0159. The summed E-state index contributed by atoms with van der Waals surface area (Å²) in [6, 6.07) is 21.7. The van der Waals surface area contributed by atoms with Gasteiger partial charge in [0.05, 0.1) is 161 Å². The number of hydrogen-bond acceptors (Lipinski definition) is 20. The van der Waals surface area contributed by atoms with Gasteiger partial charge in [-0.1, -0.05) is 82.0 Å². The van der Waals surface area contributed by atoms with E-state index in [1.54, 1.807) is 4.68 Å². The smallest absolute Gasteiger partial charge is 0.324 e. The van der Waals surface area contributed by atoms with Gasteiger partial charge in [-0.15, -0.1) is 0 Å². The van der Waals surface area contributed by atoms with E-state index in [4.69, 9.17) is 57.2 Å². The maximum absolute atomic E-state index is 13.5. The lowest BCUT2D eigenvalue weighted by molar-refractivity contribution is -0.122. The number of thioether (sulfide) groups is 1. The van der Waals surface area contributed by atoms with Crippen molar-refractivity contribution in [3.63, 3.8) is 0 Å². The molecule has 3 saturated heterocycles. The molecule has 0 bridgehead atoms. The van der Waals surface area contributed by atoms with Gasteiger partial charge in [-0.05, 0) is 69.7 Å². The van der Waals surface area contributed by atoms with Gasteiger partial charge in [0.15, 0.2) is 0 Å². The summed E-state index contributed by atoms with van der Waals surface area (Å²) in [6.07, 6.45) is 9.26. The fourth-order valence-corrected chi connectivity index (χ4v) is 13.1. The van der Waals surface area contributed by atoms with Gasteiger partial charge in [0, 0.05) is 105 Å². The van der Waals surface area contributed by atoms with E-state index in [0.29, 0.717) is 194 Å². The fourth-order valence-electron chi connectivity index (χ4n) is 11.6. The zero-order chi connectivity index (χ0) is 72.1. The van der Waals surface area contributed by atoms with Crippen LogP contribution in [0, 0.1) is 6.92 Å². The van der Waals surface area contributed by atoms with Crippen molar-refractivity contribution in [2.45, 2.75) is 134 Å². The largest absolute Gasteiger partial charge is 0.492 e. The van der Waals surface area contributed by atoms with Crippen LogP contribution in [-0.2, 0) is 67.2 Å². The molecule has 1 aromatic heterocycles. The van der Waals surface area contributed by atoms with Crippen LogP contribution in [0.3, 0.4) is 0 Å². The van der Waals surface area contributed by atoms with Crippen molar-refractivity contribution < 1.29 is 76.1 Å². The van der Waals surface area contributed by atoms with E-state index in [0.717, 1.165) is 123 Å². The third-order valence-electron chi connectivity index (χ3n) is 17.2. The van der Waals surface area contributed by atoms with Crippen molar-refractivity contribution in [2.24, 2.45) is 0 Å². The molecule has 27 nitrogen and oxygen atoms in total. The Morgan fingerprint density at radius 2 is 1.12 bits per heavy atom. The van der Waals surface area contributed by atoms with E-state index in [-0.39, 0.29) is 53.4 Å². The van der Waals surface area contributed by atoms with Crippen LogP contribution < -0.4 is 47.3 Å². The Bertz CT molecular complexity index is 3020. The number of fused-ring (bicyclic) bond motifs is 2. The van der Waals surface area contributed by atoms with Gasteiger partial charge in [-0.25, -0.2) is 14.3 Å². The summed E-state index contributed by atoms with van der Waals surface area (Å²) in [5, 5.41) is 31.4. The van der Waals surface area contributed by atoms with Gasteiger partial charge in [-0.3, -0.25) is 24.6 Å². The van der Waals surface area contributed by atoms with Gasteiger partial charge >= 0.3 is 12.1 Å². The zero-order valence-electron chi connectivity index (χ0n) is 60.9. The van der Waals surface area contributed by atoms with Crippen LogP contribution in [0.1, 0.15) is 109 Å². The van der Waals surface area contributed by atoms with Crippen LogP contribution in [0.2, 0.25) is 0 Å². The number of carbonyl (C=O) groups is 5. The molecule has 4 aromatic rings. The third kappa shape index (κ3) is 33.7. The number of morpholine rings is 1. The molecule has 570 valence electrons. The molecule has 3 fully saturated rings. The summed E-state index contributed by atoms with van der Waals surface area (Å²) in [4.78, 5) is 64.0. The van der Waals surface area contributed by atoms with Crippen molar-refractivity contribution in [3.05, 3.63) is 78.0 Å². The zero-order valence-corrected chi connectivity index (χ0v) is 61.7. The second-order valence-electron chi connectivity index (χ2n) is 26.5. The number of ether oxygens (including phenoxy) is 11. The Kier molecular flexibility index (Phi) is 40.3. The first-order chi connectivity index (χ1) is 49.8. The molecule has 3 aromatic carbocycles. The highest BCUT2D eigenvalue weighted by Crippen LogP contribution is 2.34. The second kappa shape index (κ2) is 49.5. The molecule has 0 aliphatic carbocycles. The van der Waals surface area contributed by atoms with Gasteiger partial charge in [0.1, 0.15) is 18.2 Å². The maximum atomic E-state index is 13.5. The Labute approximate surface area is 607 Å². The minimum Gasteiger partial charge on any atom is -0.492 e. The molecule has 7 amide bonds. The Hall–Kier alpha value is -6.25. The minimum absolute atomic E-state index is 0.00926. The highest BCUT2D eigenvalue weighted by molar-refractivity contribution is 8.00. The Balaban J connectivity index is 0.543. The van der Waals surface area contributed by atoms with E-state index >= 15 is 0 Å². The molecule has 0 radical (unpaired) electrons. The van der Waals surface area contributed by atoms with Crippen molar-refractivity contribution in [1.82, 2.24) is 46.6 Å². The molecule has 7 rings (SSSR count). The molecule has 28 heteroatoms. The summed E-state index contributed by atoms with van der Waals surface area (Å²) < 4.78 is 64.6. The molecule has 4 heterocycles. The number of benzene rings is 3. The van der Waals surface area contributed by atoms with Crippen molar-refractivity contribution in [3.8, 4) is 11.4 Å². The van der Waals surface area contributed by atoms with Crippen LogP contribution >= 0.6 is 11.8 Å². The van der Waals surface area contributed by atoms with Crippen LogP contribution in [0.5, 0.6) is 5.75 Å². The fraction of sp³-hybridized carbons (Fsp3) is 0.676. The summed E-state index contributed by atoms with van der Waals surface area (Å²) in [7, 11) is 0. The number of urea groups is 2. The summed E-state index contributed by atoms with van der Waals surface area (Å²) in [6.45, 7) is 23.4. The number of carbonyl (C=O) groups excluding carboxylic acids is 5. The van der Waals surface area contributed by atoms with E-state index < -0.39 is 0 Å². The van der Waals surface area contributed by atoms with E-state index in [9.17, 15) is 24.0 Å². The SMILES string of the molecule is Cc1ccc(-n2nc(C(C)(C)C)cc2NC(=O)Nc2ccc(OCCN3CCOC(CNCCOCCOCCOCCOCCOCCOCCOCCOCCOCCNC(=O)CCCCCNC(=O)CCCCCNC(=O)CCCC[C@@H]4SC[C@@H]5NC(=O)N[C@@H]54)C3)c3ccccc23)cc1. The number of aryl methyl sites for hydroxylation is 1. The standard InChI is InChI=1S/C74H117N11O16S/c1-57-21-23-58(24-22-57)85-67(53-66(83-85)74(2,3)4)81-72(89)79-62-25-26-64(61-16-10-9-15-60(61)62)101-36-32-84-31-35-100-59(55-84)54-75-29-33-91-37-39-93-41-43-95-45-47-97-49-51-99-52-50-98-48-46-96-44-42-94-40-38-92-34-30-78-70(88)19-8-6-14-27-76-68(86)18-7-5-13-28-77-69(87)20-12-11-17-65-71-63(56-102-65)80-73(90)82-71/h9-10,15-16,21-26,53,59,63,65,71,75H,5-8,11-14,17-20,27-52,54-56H2,1-4H3,(H,76,86)(H,77,87)(H,78,88)(H2,79,81,89)(H2,80,82,90)/t59?,63-,65-,71-/m0/s1. The van der Waals surface area contributed by atoms with Crippen LogP contribution in [0.4, 0.5) is 21.1 Å². The first-order valence-corrected chi connectivity index (χ1v) is 38.0. The van der Waals surface area contributed by atoms with Gasteiger partial charge in [0.2, 0.25) is 17.7 Å². The predicted molar refractivity (Wildman–Crippen MR) is 395 cm³/mol.